The van der Waals surface area contributed by atoms with Crippen molar-refractivity contribution in [2.45, 2.75) is 6.54 Å². The standard InChI is InChI=1S/C19H12Cl2N4O2S/c20-12-6-7-14(21)15(8-12)22-17(26)10-25-19(27)13-9-16(28-18(13)23-24-25)11-4-2-1-3-5-11/h1-9H,10H2,(H,22,26). The van der Waals surface area contributed by atoms with Gasteiger partial charge in [0.25, 0.3) is 5.56 Å². The highest BCUT2D eigenvalue weighted by molar-refractivity contribution is 7.21. The van der Waals surface area contributed by atoms with Crippen molar-refractivity contribution in [3.63, 3.8) is 0 Å². The molecule has 0 saturated carbocycles. The Labute approximate surface area is 173 Å². The summed E-state index contributed by atoms with van der Waals surface area (Å²) in [5.41, 5.74) is 0.976. The van der Waals surface area contributed by atoms with Gasteiger partial charge < -0.3 is 5.32 Å². The average molecular weight is 431 g/mol. The van der Waals surface area contributed by atoms with Crippen LogP contribution in [0.2, 0.25) is 10.0 Å². The highest BCUT2D eigenvalue weighted by Crippen LogP contribution is 2.30. The SMILES string of the molecule is O=C(Cn1nnc2sc(-c3ccccc3)cc2c1=O)Nc1cc(Cl)ccc1Cl. The fourth-order valence-corrected chi connectivity index (χ4v) is 3.96. The lowest BCUT2D eigenvalue weighted by molar-refractivity contribution is -0.117. The van der Waals surface area contributed by atoms with Crippen molar-refractivity contribution < 1.29 is 4.79 Å². The Morgan fingerprint density at radius 2 is 1.89 bits per heavy atom. The fraction of sp³-hybridized carbons (Fsp3) is 0.0526. The lowest BCUT2D eigenvalue weighted by Crippen LogP contribution is -2.30. The molecule has 140 valence electrons. The molecule has 0 aliphatic heterocycles. The highest BCUT2D eigenvalue weighted by atomic mass is 35.5. The molecule has 0 aliphatic rings. The van der Waals surface area contributed by atoms with E-state index >= 15 is 0 Å². The molecule has 4 rings (SSSR count). The van der Waals surface area contributed by atoms with E-state index < -0.39 is 5.91 Å². The second-order valence-electron chi connectivity index (χ2n) is 5.92. The first kappa shape index (κ1) is 18.6. The molecule has 1 amide bonds. The van der Waals surface area contributed by atoms with Gasteiger partial charge in [-0.1, -0.05) is 58.7 Å². The molecule has 0 aliphatic carbocycles. The molecule has 0 unspecified atom stereocenters. The molecule has 0 atom stereocenters. The van der Waals surface area contributed by atoms with Gasteiger partial charge in [0.15, 0.2) is 4.83 Å². The number of rotatable bonds is 4. The van der Waals surface area contributed by atoms with E-state index in [9.17, 15) is 9.59 Å². The molecular weight excluding hydrogens is 419 g/mol. The smallest absolute Gasteiger partial charge is 0.279 e. The maximum Gasteiger partial charge on any atom is 0.279 e. The van der Waals surface area contributed by atoms with Crippen molar-refractivity contribution >= 4 is 56.3 Å². The zero-order valence-electron chi connectivity index (χ0n) is 14.2. The number of amides is 1. The Kier molecular flexibility index (Phi) is 5.13. The number of anilines is 1. The maximum atomic E-state index is 12.7. The topological polar surface area (TPSA) is 76.9 Å². The van der Waals surface area contributed by atoms with Crippen molar-refractivity contribution in [1.82, 2.24) is 15.0 Å². The molecule has 6 nitrogen and oxygen atoms in total. The normalized spacial score (nSPS) is 10.9. The molecule has 1 N–H and O–H groups in total. The number of carbonyl (C=O) groups excluding carboxylic acids is 1. The number of benzene rings is 2. The van der Waals surface area contributed by atoms with E-state index in [1.54, 1.807) is 18.2 Å². The Morgan fingerprint density at radius 1 is 1.11 bits per heavy atom. The third kappa shape index (κ3) is 3.77. The number of carbonyl (C=O) groups is 1. The van der Waals surface area contributed by atoms with Gasteiger partial charge in [-0.15, -0.1) is 16.4 Å². The quantitative estimate of drug-likeness (QED) is 0.518. The average Bonchev–Trinajstić information content (AvgIpc) is 3.13. The van der Waals surface area contributed by atoms with Crippen molar-refractivity contribution in [2.24, 2.45) is 0 Å². The van der Waals surface area contributed by atoms with Crippen molar-refractivity contribution in [3.8, 4) is 10.4 Å². The maximum absolute atomic E-state index is 12.7. The van der Waals surface area contributed by atoms with Gasteiger partial charge in [0.05, 0.1) is 16.1 Å². The monoisotopic (exact) mass is 430 g/mol. The highest BCUT2D eigenvalue weighted by Gasteiger charge is 2.14. The summed E-state index contributed by atoms with van der Waals surface area (Å²) in [5, 5.41) is 11.8. The first-order valence-electron chi connectivity index (χ1n) is 8.19. The minimum Gasteiger partial charge on any atom is -0.323 e. The van der Waals surface area contributed by atoms with Crippen LogP contribution in [0, 0.1) is 0 Å². The summed E-state index contributed by atoms with van der Waals surface area (Å²) >= 11 is 13.3. The van der Waals surface area contributed by atoms with Crippen LogP contribution in [0.1, 0.15) is 0 Å². The summed E-state index contributed by atoms with van der Waals surface area (Å²) < 4.78 is 1.03. The Bertz CT molecular complexity index is 1240. The lowest BCUT2D eigenvalue weighted by Gasteiger charge is -2.08. The third-order valence-electron chi connectivity index (χ3n) is 3.98. The summed E-state index contributed by atoms with van der Waals surface area (Å²) in [6.45, 7) is -0.291. The number of aromatic nitrogens is 3. The van der Waals surface area contributed by atoms with Gasteiger partial charge in [-0.2, -0.15) is 0 Å². The van der Waals surface area contributed by atoms with Crippen molar-refractivity contribution in [1.29, 1.82) is 0 Å². The van der Waals surface area contributed by atoms with E-state index in [0.717, 1.165) is 15.1 Å². The summed E-state index contributed by atoms with van der Waals surface area (Å²) in [7, 11) is 0. The number of halogens is 2. The first-order valence-corrected chi connectivity index (χ1v) is 9.76. The largest absolute Gasteiger partial charge is 0.323 e. The van der Waals surface area contributed by atoms with E-state index in [-0.39, 0.29) is 12.1 Å². The second-order valence-corrected chi connectivity index (χ2v) is 7.79. The summed E-state index contributed by atoms with van der Waals surface area (Å²) in [6, 6.07) is 16.2. The minimum absolute atomic E-state index is 0.291. The third-order valence-corrected chi connectivity index (χ3v) is 5.61. The lowest BCUT2D eigenvalue weighted by atomic mass is 10.2. The molecular formula is C19H12Cl2N4O2S. The molecule has 28 heavy (non-hydrogen) atoms. The van der Waals surface area contributed by atoms with Gasteiger partial charge in [-0.05, 0) is 29.8 Å². The van der Waals surface area contributed by atoms with Crippen LogP contribution >= 0.6 is 34.5 Å². The Hall–Kier alpha value is -2.74. The summed E-state index contributed by atoms with van der Waals surface area (Å²) in [6.07, 6.45) is 0. The molecule has 0 bridgehead atoms. The Balaban J connectivity index is 1.60. The summed E-state index contributed by atoms with van der Waals surface area (Å²) in [5.74, 6) is -0.460. The van der Waals surface area contributed by atoms with Gasteiger partial charge in [0.1, 0.15) is 6.54 Å². The zero-order valence-corrected chi connectivity index (χ0v) is 16.6. The van der Waals surface area contributed by atoms with E-state index in [1.807, 2.05) is 30.3 Å². The predicted octanol–water partition coefficient (Wildman–Crippen LogP) is 4.47. The van der Waals surface area contributed by atoms with Gasteiger partial charge in [0.2, 0.25) is 5.91 Å². The van der Waals surface area contributed by atoms with Crippen LogP contribution in [0.25, 0.3) is 20.7 Å². The summed E-state index contributed by atoms with van der Waals surface area (Å²) in [4.78, 5) is 26.5. The molecule has 9 heteroatoms. The molecule has 4 aromatic rings. The van der Waals surface area contributed by atoms with E-state index in [0.29, 0.717) is 25.9 Å². The van der Waals surface area contributed by atoms with Crippen LogP contribution in [-0.4, -0.2) is 20.9 Å². The van der Waals surface area contributed by atoms with Crippen LogP contribution in [0.3, 0.4) is 0 Å². The van der Waals surface area contributed by atoms with E-state index in [1.165, 1.54) is 17.4 Å². The van der Waals surface area contributed by atoms with Crippen LogP contribution in [0.4, 0.5) is 5.69 Å². The molecule has 0 fully saturated rings. The number of hydrogen-bond donors (Lipinski definition) is 1. The van der Waals surface area contributed by atoms with Crippen molar-refractivity contribution in [2.75, 3.05) is 5.32 Å². The number of thiophene rings is 1. The number of nitrogens with one attached hydrogen (secondary N) is 1. The molecule has 2 heterocycles. The van der Waals surface area contributed by atoms with Gasteiger partial charge >= 0.3 is 0 Å². The molecule has 0 radical (unpaired) electrons. The van der Waals surface area contributed by atoms with E-state index in [2.05, 4.69) is 15.6 Å². The Morgan fingerprint density at radius 3 is 2.68 bits per heavy atom. The van der Waals surface area contributed by atoms with Gasteiger partial charge in [-0.25, -0.2) is 4.68 Å². The second kappa shape index (κ2) is 7.71. The van der Waals surface area contributed by atoms with Gasteiger partial charge in [0, 0.05) is 9.90 Å². The predicted molar refractivity (Wildman–Crippen MR) is 112 cm³/mol. The number of nitrogens with zero attached hydrogens (tertiary/aromatic N) is 3. The van der Waals surface area contributed by atoms with Crippen LogP contribution in [0.15, 0.2) is 59.4 Å². The fourth-order valence-electron chi connectivity index (χ4n) is 2.65. The van der Waals surface area contributed by atoms with Crippen molar-refractivity contribution in [3.05, 3.63) is 75.0 Å². The van der Waals surface area contributed by atoms with Gasteiger partial charge in [-0.3, -0.25) is 9.59 Å². The molecule has 0 spiro atoms. The van der Waals surface area contributed by atoms with Crippen LogP contribution in [-0.2, 0) is 11.3 Å². The van der Waals surface area contributed by atoms with E-state index in [4.69, 9.17) is 23.2 Å². The zero-order chi connectivity index (χ0) is 19.7. The number of fused-ring (bicyclic) bond motifs is 1. The van der Waals surface area contributed by atoms with Crippen LogP contribution in [0.5, 0.6) is 0 Å². The molecule has 2 aromatic carbocycles. The minimum atomic E-state index is -0.460. The molecule has 2 aromatic heterocycles. The number of hydrogen-bond acceptors (Lipinski definition) is 5. The molecule has 0 saturated heterocycles. The first-order chi connectivity index (χ1) is 13.5. The van der Waals surface area contributed by atoms with Crippen LogP contribution < -0.4 is 10.9 Å².